The molecule has 1 rings (SSSR count). The molecule has 0 heterocycles. The number of ketones is 1. The van der Waals surface area contributed by atoms with Crippen LogP contribution in [0.15, 0.2) is 18.2 Å². The minimum absolute atomic E-state index is 0.00991. The maximum Gasteiger partial charge on any atom is 0.337 e. The minimum atomic E-state index is -1.74. The van der Waals surface area contributed by atoms with Crippen molar-refractivity contribution in [3.05, 3.63) is 29.3 Å². The topological polar surface area (TPSA) is 94.8 Å². The minimum Gasteiger partial charge on any atom is -0.508 e. The van der Waals surface area contributed by atoms with Gasteiger partial charge in [-0.25, -0.2) is 4.79 Å². The number of phenolic OH excluding ortho intramolecular Hbond substituents is 1. The summed E-state index contributed by atoms with van der Waals surface area (Å²) in [5.74, 6) is -1.90. The molecule has 1 atom stereocenters. The van der Waals surface area contributed by atoms with E-state index in [-0.39, 0.29) is 29.1 Å². The summed E-state index contributed by atoms with van der Waals surface area (Å²) in [5.41, 5.74) is 0.183. The Morgan fingerprint density at radius 3 is 2.44 bits per heavy atom. The molecule has 5 nitrogen and oxygen atoms in total. The second kappa shape index (κ2) is 4.76. The fraction of sp³-hybridized carbons (Fsp3) is 0.273. The molecular formula is C11H12O5. The third kappa shape index (κ3) is 2.58. The van der Waals surface area contributed by atoms with E-state index >= 15 is 0 Å². The smallest absolute Gasteiger partial charge is 0.337 e. The van der Waals surface area contributed by atoms with Gasteiger partial charge in [-0.3, -0.25) is 4.79 Å². The van der Waals surface area contributed by atoms with Crippen molar-refractivity contribution in [3.8, 4) is 5.75 Å². The zero-order chi connectivity index (χ0) is 12.3. The fourth-order valence-corrected chi connectivity index (χ4v) is 1.30. The lowest BCUT2D eigenvalue weighted by molar-refractivity contribution is -0.146. The number of hydrogen-bond acceptors (Lipinski definition) is 4. The van der Waals surface area contributed by atoms with Gasteiger partial charge in [0.25, 0.3) is 0 Å². The van der Waals surface area contributed by atoms with Crippen LogP contribution in [-0.2, 0) is 4.79 Å². The lowest BCUT2D eigenvalue weighted by Gasteiger charge is -2.08. The Labute approximate surface area is 92.0 Å². The van der Waals surface area contributed by atoms with Gasteiger partial charge in [0.2, 0.25) is 0 Å². The summed E-state index contributed by atoms with van der Waals surface area (Å²) in [6.07, 6.45) is -1.50. The van der Waals surface area contributed by atoms with Crippen LogP contribution >= 0.6 is 0 Å². The summed E-state index contributed by atoms with van der Waals surface area (Å²) >= 11 is 0. The number of hydrogen-bond donors (Lipinski definition) is 3. The Morgan fingerprint density at radius 1 is 1.31 bits per heavy atom. The molecule has 0 saturated carbocycles. The highest BCUT2D eigenvalue weighted by atomic mass is 16.4. The molecule has 0 aliphatic carbocycles. The van der Waals surface area contributed by atoms with Crippen molar-refractivity contribution in [3.63, 3.8) is 0 Å². The maximum absolute atomic E-state index is 11.4. The van der Waals surface area contributed by atoms with Crippen molar-refractivity contribution in [1.29, 1.82) is 0 Å². The number of carboxylic acid groups (broad SMARTS) is 1. The summed E-state index contributed by atoms with van der Waals surface area (Å²) in [7, 11) is 0. The second-order valence-corrected chi connectivity index (χ2v) is 3.33. The van der Waals surface area contributed by atoms with Gasteiger partial charge >= 0.3 is 5.97 Å². The van der Waals surface area contributed by atoms with Gasteiger partial charge in [0.15, 0.2) is 11.9 Å². The van der Waals surface area contributed by atoms with Crippen molar-refractivity contribution < 1.29 is 24.9 Å². The van der Waals surface area contributed by atoms with Gasteiger partial charge in [-0.2, -0.15) is 0 Å². The van der Waals surface area contributed by atoms with Crippen LogP contribution in [0.3, 0.4) is 0 Å². The van der Waals surface area contributed by atoms with E-state index in [0.29, 0.717) is 0 Å². The first-order valence-electron chi connectivity index (χ1n) is 4.73. The second-order valence-electron chi connectivity index (χ2n) is 3.33. The number of aliphatic carboxylic acids is 1. The molecule has 3 N–H and O–H groups in total. The molecule has 1 aromatic rings. The summed E-state index contributed by atoms with van der Waals surface area (Å²) in [6.45, 7) is 1.65. The first-order chi connectivity index (χ1) is 7.45. The average Bonchev–Trinajstić information content (AvgIpc) is 2.25. The van der Waals surface area contributed by atoms with E-state index in [9.17, 15) is 19.8 Å². The Hall–Kier alpha value is -1.88. The zero-order valence-corrected chi connectivity index (χ0v) is 8.67. The van der Waals surface area contributed by atoms with E-state index in [0.717, 1.165) is 6.07 Å². The van der Waals surface area contributed by atoms with Crippen LogP contribution in [0.1, 0.15) is 35.4 Å². The third-order valence-electron chi connectivity index (χ3n) is 2.13. The summed E-state index contributed by atoms with van der Waals surface area (Å²) < 4.78 is 0. The summed E-state index contributed by atoms with van der Waals surface area (Å²) in [5, 5.41) is 27.2. The van der Waals surface area contributed by atoms with E-state index in [1.54, 1.807) is 6.92 Å². The van der Waals surface area contributed by atoms with Gasteiger partial charge < -0.3 is 15.3 Å². The van der Waals surface area contributed by atoms with E-state index in [2.05, 4.69) is 0 Å². The standard InChI is InChI=1S/C11H12O5/c1-2-9(13)6-3-7(5-8(12)4-6)10(14)11(15)16/h3-5,10,12,14H,2H2,1H3,(H,15,16). The number of aliphatic hydroxyl groups is 1. The predicted molar refractivity (Wildman–Crippen MR) is 55.3 cm³/mol. The van der Waals surface area contributed by atoms with E-state index in [1.165, 1.54) is 12.1 Å². The van der Waals surface area contributed by atoms with Gasteiger partial charge in [-0.15, -0.1) is 0 Å². The number of phenols is 1. The SMILES string of the molecule is CCC(=O)c1cc(O)cc(C(O)C(=O)O)c1. The van der Waals surface area contributed by atoms with Crippen LogP contribution in [0.5, 0.6) is 5.75 Å². The van der Waals surface area contributed by atoms with Crippen molar-refractivity contribution >= 4 is 11.8 Å². The van der Waals surface area contributed by atoms with Crippen LogP contribution in [0.4, 0.5) is 0 Å². The Balaban J connectivity index is 3.17. The predicted octanol–water partition coefficient (Wildman–Crippen LogP) is 1.10. The number of carbonyl (C=O) groups is 2. The molecular weight excluding hydrogens is 212 g/mol. The number of Topliss-reactive ketones (excluding diaryl/α,β-unsaturated/α-hetero) is 1. The average molecular weight is 224 g/mol. The Kier molecular flexibility index (Phi) is 3.63. The molecule has 0 saturated heterocycles. The fourth-order valence-electron chi connectivity index (χ4n) is 1.30. The molecule has 0 aliphatic rings. The Morgan fingerprint density at radius 2 is 1.94 bits per heavy atom. The first-order valence-corrected chi connectivity index (χ1v) is 4.73. The Bertz CT molecular complexity index is 424. The largest absolute Gasteiger partial charge is 0.508 e. The molecule has 0 amide bonds. The van der Waals surface area contributed by atoms with Crippen molar-refractivity contribution in [1.82, 2.24) is 0 Å². The third-order valence-corrected chi connectivity index (χ3v) is 2.13. The summed E-state index contributed by atoms with van der Waals surface area (Å²) in [6, 6.07) is 3.62. The van der Waals surface area contributed by atoms with Crippen LogP contribution in [0.2, 0.25) is 0 Å². The zero-order valence-electron chi connectivity index (χ0n) is 8.67. The molecule has 0 bridgehead atoms. The van der Waals surface area contributed by atoms with Crippen LogP contribution < -0.4 is 0 Å². The van der Waals surface area contributed by atoms with Gasteiger partial charge in [0.05, 0.1) is 0 Å². The van der Waals surface area contributed by atoms with Crippen molar-refractivity contribution in [2.45, 2.75) is 19.4 Å². The van der Waals surface area contributed by atoms with Gasteiger partial charge in [-0.05, 0) is 23.8 Å². The molecule has 0 spiro atoms. The summed E-state index contributed by atoms with van der Waals surface area (Å²) in [4.78, 5) is 21.9. The maximum atomic E-state index is 11.4. The van der Waals surface area contributed by atoms with E-state index in [4.69, 9.17) is 5.11 Å². The van der Waals surface area contributed by atoms with Crippen molar-refractivity contribution in [2.75, 3.05) is 0 Å². The lowest BCUT2D eigenvalue weighted by Crippen LogP contribution is -2.11. The number of rotatable bonds is 4. The highest BCUT2D eigenvalue weighted by Crippen LogP contribution is 2.22. The molecule has 5 heteroatoms. The van der Waals surface area contributed by atoms with E-state index < -0.39 is 12.1 Å². The van der Waals surface area contributed by atoms with Crippen LogP contribution in [0.25, 0.3) is 0 Å². The molecule has 0 aromatic heterocycles. The van der Waals surface area contributed by atoms with E-state index in [1.807, 2.05) is 0 Å². The van der Waals surface area contributed by atoms with Gasteiger partial charge in [0, 0.05) is 12.0 Å². The molecule has 0 radical (unpaired) electrons. The molecule has 1 aromatic carbocycles. The molecule has 0 fully saturated rings. The lowest BCUT2D eigenvalue weighted by atomic mass is 10.0. The van der Waals surface area contributed by atoms with Gasteiger partial charge in [0.1, 0.15) is 5.75 Å². The number of benzene rings is 1. The van der Waals surface area contributed by atoms with Crippen molar-refractivity contribution in [2.24, 2.45) is 0 Å². The van der Waals surface area contributed by atoms with Crippen LogP contribution in [-0.4, -0.2) is 27.1 Å². The first kappa shape index (κ1) is 12.2. The number of carbonyl (C=O) groups excluding carboxylic acids is 1. The van der Waals surface area contributed by atoms with Gasteiger partial charge in [-0.1, -0.05) is 6.92 Å². The molecule has 16 heavy (non-hydrogen) atoms. The molecule has 0 aliphatic heterocycles. The highest BCUT2D eigenvalue weighted by Gasteiger charge is 2.18. The number of aliphatic hydroxyl groups excluding tert-OH is 1. The van der Waals surface area contributed by atoms with Crippen LogP contribution in [0, 0.1) is 0 Å². The highest BCUT2D eigenvalue weighted by molar-refractivity contribution is 5.96. The molecule has 1 unspecified atom stereocenters. The quantitative estimate of drug-likeness (QED) is 0.666. The number of aromatic hydroxyl groups is 1. The number of carboxylic acids is 1. The monoisotopic (exact) mass is 224 g/mol. The normalized spacial score (nSPS) is 12.1. The molecule has 86 valence electrons.